The van der Waals surface area contributed by atoms with E-state index in [2.05, 4.69) is 20.6 Å². The van der Waals surface area contributed by atoms with Gasteiger partial charge in [0.1, 0.15) is 19.0 Å². The van der Waals surface area contributed by atoms with Crippen molar-refractivity contribution >= 4 is 22.8 Å². The third-order valence-corrected chi connectivity index (χ3v) is 4.11. The zero-order chi connectivity index (χ0) is 17.8. The summed E-state index contributed by atoms with van der Waals surface area (Å²) in [6, 6.07) is 13.0. The van der Waals surface area contributed by atoms with Gasteiger partial charge in [-0.25, -0.2) is 9.78 Å². The molecule has 1 aliphatic rings. The molecule has 2 aromatic carbocycles. The van der Waals surface area contributed by atoms with Gasteiger partial charge in [0.25, 0.3) is 0 Å². The second kappa shape index (κ2) is 7.35. The highest BCUT2D eigenvalue weighted by atomic mass is 16.6. The number of amides is 2. The van der Waals surface area contributed by atoms with Gasteiger partial charge in [-0.1, -0.05) is 12.1 Å². The SMILES string of the molecule is O=C(NCCCc1nc2ccccc2[nH]1)Nc1ccc2c(c1)OCCO2. The molecule has 1 aromatic heterocycles. The van der Waals surface area contributed by atoms with E-state index in [0.29, 0.717) is 36.9 Å². The van der Waals surface area contributed by atoms with Gasteiger partial charge in [-0.2, -0.15) is 0 Å². The van der Waals surface area contributed by atoms with Crippen molar-refractivity contribution in [2.24, 2.45) is 0 Å². The van der Waals surface area contributed by atoms with Gasteiger partial charge in [-0.3, -0.25) is 0 Å². The molecular formula is C19H20N4O3. The van der Waals surface area contributed by atoms with Crippen LogP contribution in [-0.2, 0) is 6.42 Å². The van der Waals surface area contributed by atoms with Gasteiger partial charge < -0.3 is 25.1 Å². The fraction of sp³-hybridized carbons (Fsp3) is 0.263. The topological polar surface area (TPSA) is 88.3 Å². The van der Waals surface area contributed by atoms with Crippen molar-refractivity contribution in [3.8, 4) is 11.5 Å². The number of H-pyrrole nitrogens is 1. The van der Waals surface area contributed by atoms with Crippen LogP contribution in [0.3, 0.4) is 0 Å². The number of carbonyl (C=O) groups excluding carboxylic acids is 1. The minimum Gasteiger partial charge on any atom is -0.486 e. The van der Waals surface area contributed by atoms with Crippen LogP contribution in [0.1, 0.15) is 12.2 Å². The lowest BCUT2D eigenvalue weighted by atomic mass is 10.2. The minimum atomic E-state index is -0.244. The number of ether oxygens (including phenoxy) is 2. The van der Waals surface area contributed by atoms with Gasteiger partial charge in [-0.15, -0.1) is 0 Å². The van der Waals surface area contributed by atoms with Crippen molar-refractivity contribution in [3.63, 3.8) is 0 Å². The Morgan fingerprint density at radius 1 is 1.12 bits per heavy atom. The van der Waals surface area contributed by atoms with Gasteiger partial charge in [0.05, 0.1) is 11.0 Å². The second-order valence-corrected chi connectivity index (χ2v) is 6.04. The Hall–Kier alpha value is -3.22. The molecule has 26 heavy (non-hydrogen) atoms. The number of aryl methyl sites for hydroxylation is 1. The number of benzene rings is 2. The van der Waals surface area contributed by atoms with Crippen LogP contribution in [0.4, 0.5) is 10.5 Å². The monoisotopic (exact) mass is 352 g/mol. The predicted octanol–water partition coefficient (Wildman–Crippen LogP) is 3.09. The van der Waals surface area contributed by atoms with Crippen molar-refractivity contribution in [2.75, 3.05) is 25.1 Å². The number of nitrogens with one attached hydrogen (secondary N) is 3. The number of urea groups is 1. The lowest BCUT2D eigenvalue weighted by Gasteiger charge is -2.19. The number of carbonyl (C=O) groups is 1. The van der Waals surface area contributed by atoms with Gasteiger partial charge >= 0.3 is 6.03 Å². The summed E-state index contributed by atoms with van der Waals surface area (Å²) in [5, 5.41) is 5.65. The molecule has 0 saturated heterocycles. The van der Waals surface area contributed by atoms with E-state index in [-0.39, 0.29) is 6.03 Å². The summed E-state index contributed by atoms with van der Waals surface area (Å²) in [5.41, 5.74) is 2.67. The van der Waals surface area contributed by atoms with Crippen molar-refractivity contribution in [2.45, 2.75) is 12.8 Å². The zero-order valence-corrected chi connectivity index (χ0v) is 14.2. The van der Waals surface area contributed by atoms with Crippen LogP contribution < -0.4 is 20.1 Å². The van der Waals surface area contributed by atoms with E-state index < -0.39 is 0 Å². The molecule has 2 amide bonds. The van der Waals surface area contributed by atoms with Gasteiger partial charge in [0.2, 0.25) is 0 Å². The van der Waals surface area contributed by atoms with Crippen molar-refractivity contribution < 1.29 is 14.3 Å². The molecule has 0 fully saturated rings. The number of rotatable bonds is 5. The average Bonchev–Trinajstić information content (AvgIpc) is 3.08. The van der Waals surface area contributed by atoms with Crippen molar-refractivity contribution in [1.29, 1.82) is 0 Å². The molecule has 4 rings (SSSR count). The third kappa shape index (κ3) is 3.72. The van der Waals surface area contributed by atoms with E-state index in [1.165, 1.54) is 0 Å². The Kier molecular flexibility index (Phi) is 4.59. The largest absolute Gasteiger partial charge is 0.486 e. The molecule has 0 saturated carbocycles. The molecular weight excluding hydrogens is 332 g/mol. The average molecular weight is 352 g/mol. The van der Waals surface area contributed by atoms with Gasteiger partial charge in [-0.05, 0) is 30.7 Å². The molecule has 0 aliphatic carbocycles. The molecule has 3 aromatic rings. The zero-order valence-electron chi connectivity index (χ0n) is 14.2. The quantitative estimate of drug-likeness (QED) is 0.616. The summed E-state index contributed by atoms with van der Waals surface area (Å²) in [6.07, 6.45) is 1.58. The molecule has 7 nitrogen and oxygen atoms in total. The van der Waals surface area contributed by atoms with Crippen LogP contribution in [0.5, 0.6) is 11.5 Å². The molecule has 7 heteroatoms. The fourth-order valence-corrected chi connectivity index (χ4v) is 2.88. The van der Waals surface area contributed by atoms with Crippen LogP contribution in [-0.4, -0.2) is 35.8 Å². The molecule has 2 heterocycles. The van der Waals surface area contributed by atoms with Crippen LogP contribution in [0.25, 0.3) is 11.0 Å². The Balaban J connectivity index is 1.24. The maximum absolute atomic E-state index is 12.0. The lowest BCUT2D eigenvalue weighted by Crippen LogP contribution is -2.29. The second-order valence-electron chi connectivity index (χ2n) is 6.04. The smallest absolute Gasteiger partial charge is 0.319 e. The molecule has 0 bridgehead atoms. The fourth-order valence-electron chi connectivity index (χ4n) is 2.88. The standard InChI is InChI=1S/C19H20N4O3/c24-19(21-13-7-8-16-17(12-13)26-11-10-25-16)20-9-3-6-18-22-14-4-1-2-5-15(14)23-18/h1-2,4-5,7-8,12H,3,6,9-11H2,(H,22,23)(H2,20,21,24). The maximum atomic E-state index is 12.0. The van der Waals surface area contributed by atoms with E-state index in [0.717, 1.165) is 29.7 Å². The molecule has 0 radical (unpaired) electrons. The normalized spacial score (nSPS) is 12.8. The predicted molar refractivity (Wildman–Crippen MR) is 98.9 cm³/mol. The third-order valence-electron chi connectivity index (χ3n) is 4.11. The van der Waals surface area contributed by atoms with E-state index in [9.17, 15) is 4.79 Å². The molecule has 0 spiro atoms. The number of anilines is 1. The molecule has 3 N–H and O–H groups in total. The number of para-hydroxylation sites is 2. The number of aromatic nitrogens is 2. The van der Waals surface area contributed by atoms with E-state index in [4.69, 9.17) is 9.47 Å². The van der Waals surface area contributed by atoms with Crippen LogP contribution in [0.2, 0.25) is 0 Å². The first kappa shape index (κ1) is 16.3. The highest BCUT2D eigenvalue weighted by Crippen LogP contribution is 2.32. The van der Waals surface area contributed by atoms with Crippen LogP contribution in [0, 0.1) is 0 Å². The summed E-state index contributed by atoms with van der Waals surface area (Å²) < 4.78 is 11.0. The number of aromatic amines is 1. The summed E-state index contributed by atoms with van der Waals surface area (Å²) in [7, 11) is 0. The van der Waals surface area contributed by atoms with Crippen LogP contribution in [0.15, 0.2) is 42.5 Å². The first-order chi connectivity index (χ1) is 12.8. The highest BCUT2D eigenvalue weighted by molar-refractivity contribution is 5.89. The molecule has 134 valence electrons. The summed E-state index contributed by atoms with van der Waals surface area (Å²) in [4.78, 5) is 19.8. The summed E-state index contributed by atoms with van der Waals surface area (Å²) in [5.74, 6) is 2.28. The maximum Gasteiger partial charge on any atom is 0.319 e. The molecule has 0 unspecified atom stereocenters. The number of fused-ring (bicyclic) bond motifs is 2. The minimum absolute atomic E-state index is 0.244. The Morgan fingerprint density at radius 2 is 1.96 bits per heavy atom. The number of hydrogen-bond acceptors (Lipinski definition) is 4. The number of hydrogen-bond donors (Lipinski definition) is 3. The van der Waals surface area contributed by atoms with Gasteiger partial charge in [0, 0.05) is 24.7 Å². The van der Waals surface area contributed by atoms with Crippen molar-refractivity contribution in [1.82, 2.24) is 15.3 Å². The van der Waals surface area contributed by atoms with E-state index >= 15 is 0 Å². The Morgan fingerprint density at radius 3 is 2.85 bits per heavy atom. The highest BCUT2D eigenvalue weighted by Gasteiger charge is 2.12. The van der Waals surface area contributed by atoms with Crippen molar-refractivity contribution in [3.05, 3.63) is 48.3 Å². The summed E-state index contributed by atoms with van der Waals surface area (Å²) in [6.45, 7) is 1.63. The first-order valence-corrected chi connectivity index (χ1v) is 8.66. The van der Waals surface area contributed by atoms with Gasteiger partial charge in [0.15, 0.2) is 11.5 Å². The summed E-state index contributed by atoms with van der Waals surface area (Å²) >= 11 is 0. The molecule has 1 aliphatic heterocycles. The van der Waals surface area contributed by atoms with Crippen LogP contribution >= 0.6 is 0 Å². The number of nitrogens with zero attached hydrogens (tertiary/aromatic N) is 1. The Bertz CT molecular complexity index is 889. The van der Waals surface area contributed by atoms with E-state index in [1.54, 1.807) is 18.2 Å². The Labute approximate surface area is 150 Å². The molecule has 0 atom stereocenters. The lowest BCUT2D eigenvalue weighted by molar-refractivity contribution is 0.171. The number of imidazole rings is 1. The van der Waals surface area contributed by atoms with E-state index in [1.807, 2.05) is 24.3 Å². The first-order valence-electron chi connectivity index (χ1n) is 8.66.